The van der Waals surface area contributed by atoms with Crippen LogP contribution in [0.3, 0.4) is 0 Å². The summed E-state index contributed by atoms with van der Waals surface area (Å²) in [7, 11) is 0. The number of hydrogen-bond donors (Lipinski definition) is 0. The first-order valence-corrected chi connectivity index (χ1v) is 12.8. The molecule has 0 saturated heterocycles. The van der Waals surface area contributed by atoms with Crippen molar-refractivity contribution in [2.45, 2.75) is 45.5 Å². The highest BCUT2D eigenvalue weighted by Crippen LogP contribution is 2.31. The number of rotatable bonds is 4. The van der Waals surface area contributed by atoms with E-state index in [2.05, 4.69) is 4.98 Å². The van der Waals surface area contributed by atoms with Gasteiger partial charge in [0.15, 0.2) is 5.16 Å². The van der Waals surface area contributed by atoms with E-state index in [4.69, 9.17) is 4.98 Å². The molecule has 0 aliphatic rings. The van der Waals surface area contributed by atoms with Gasteiger partial charge in [-0.15, -0.1) is 11.3 Å². The van der Waals surface area contributed by atoms with Gasteiger partial charge in [0.25, 0.3) is 11.1 Å². The van der Waals surface area contributed by atoms with Gasteiger partial charge in [-0.2, -0.15) is 0 Å². The van der Waals surface area contributed by atoms with Crippen LogP contribution in [0.25, 0.3) is 21.6 Å². The maximum atomic E-state index is 13.8. The number of nitrogens with zero attached hydrogens (tertiary/aromatic N) is 4. The molecule has 0 aliphatic carbocycles. The Kier molecular flexibility index (Phi) is 5.65. The Bertz CT molecular complexity index is 1710. The van der Waals surface area contributed by atoms with Gasteiger partial charge in [0, 0.05) is 22.9 Å². The molecule has 0 saturated carbocycles. The molecule has 0 aliphatic heterocycles. The van der Waals surface area contributed by atoms with Crippen molar-refractivity contribution in [3.8, 4) is 5.69 Å². The van der Waals surface area contributed by atoms with Crippen LogP contribution in [0.4, 0.5) is 0 Å². The highest BCUT2D eigenvalue weighted by Gasteiger charge is 2.19. The molecule has 0 atom stereocenters. The fourth-order valence-electron chi connectivity index (χ4n) is 4.03. The Morgan fingerprint density at radius 3 is 2.56 bits per heavy atom. The maximum absolute atomic E-state index is 13.8. The van der Waals surface area contributed by atoms with E-state index in [0.717, 1.165) is 37.6 Å². The van der Waals surface area contributed by atoms with Crippen LogP contribution in [0.15, 0.2) is 57.3 Å². The average molecular weight is 489 g/mol. The van der Waals surface area contributed by atoms with Crippen molar-refractivity contribution in [3.63, 3.8) is 0 Å². The predicted octanol–water partition coefficient (Wildman–Crippen LogP) is 5.29. The standard InChI is InChI=1S/C26H24N4O2S2/c1-14-9-10-21-27-19(11-22(31)29(21)12-14)13-33-26-28-24-23(17(4)18(5)34-24)25(32)30(26)20-8-6-7-15(2)16(20)3/h6-12H,13H2,1-5H3. The summed E-state index contributed by atoms with van der Waals surface area (Å²) in [6.45, 7) is 10.0. The van der Waals surface area contributed by atoms with Crippen molar-refractivity contribution in [2.24, 2.45) is 0 Å². The number of thiophene rings is 1. The van der Waals surface area contributed by atoms with Gasteiger partial charge in [-0.05, 0) is 69.0 Å². The lowest BCUT2D eigenvalue weighted by Crippen LogP contribution is -2.22. The van der Waals surface area contributed by atoms with Gasteiger partial charge in [-0.25, -0.2) is 9.97 Å². The Morgan fingerprint density at radius 1 is 0.971 bits per heavy atom. The van der Waals surface area contributed by atoms with Crippen molar-refractivity contribution in [2.75, 3.05) is 0 Å². The molecule has 6 nitrogen and oxygen atoms in total. The van der Waals surface area contributed by atoms with E-state index >= 15 is 0 Å². The van der Waals surface area contributed by atoms with Crippen molar-refractivity contribution >= 4 is 39.0 Å². The van der Waals surface area contributed by atoms with Gasteiger partial charge < -0.3 is 0 Å². The second-order valence-electron chi connectivity index (χ2n) is 8.53. The number of pyridine rings is 1. The van der Waals surface area contributed by atoms with E-state index in [-0.39, 0.29) is 11.1 Å². The zero-order valence-electron chi connectivity index (χ0n) is 19.7. The van der Waals surface area contributed by atoms with Crippen molar-refractivity contribution in [1.29, 1.82) is 0 Å². The van der Waals surface area contributed by atoms with Gasteiger partial charge in [0.1, 0.15) is 10.5 Å². The molecule has 5 aromatic rings. The summed E-state index contributed by atoms with van der Waals surface area (Å²) in [5.74, 6) is 0.422. The van der Waals surface area contributed by atoms with Gasteiger partial charge in [0.05, 0.1) is 16.8 Å². The van der Waals surface area contributed by atoms with Crippen LogP contribution in [-0.4, -0.2) is 18.9 Å². The minimum absolute atomic E-state index is 0.0648. The van der Waals surface area contributed by atoms with Crippen LogP contribution in [0.2, 0.25) is 0 Å². The second-order valence-corrected chi connectivity index (χ2v) is 10.7. The quantitative estimate of drug-likeness (QED) is 0.254. The summed E-state index contributed by atoms with van der Waals surface area (Å²) < 4.78 is 3.27. The number of fused-ring (bicyclic) bond motifs is 2. The molecular weight excluding hydrogens is 464 g/mol. The Labute approximate surface area is 205 Å². The molecule has 8 heteroatoms. The molecule has 4 heterocycles. The van der Waals surface area contributed by atoms with E-state index in [1.165, 1.54) is 23.1 Å². The maximum Gasteiger partial charge on any atom is 0.267 e. The van der Waals surface area contributed by atoms with Crippen LogP contribution in [0.5, 0.6) is 0 Å². The predicted molar refractivity (Wildman–Crippen MR) is 140 cm³/mol. The summed E-state index contributed by atoms with van der Waals surface area (Å²) in [6, 6.07) is 11.3. The lowest BCUT2D eigenvalue weighted by molar-refractivity contribution is 0.814. The average Bonchev–Trinajstić information content (AvgIpc) is 3.09. The lowest BCUT2D eigenvalue weighted by atomic mass is 10.1. The number of benzene rings is 1. The van der Waals surface area contributed by atoms with Gasteiger partial charge in [-0.1, -0.05) is 30.0 Å². The van der Waals surface area contributed by atoms with E-state index < -0.39 is 0 Å². The number of aryl methyl sites for hydroxylation is 4. The van der Waals surface area contributed by atoms with E-state index in [9.17, 15) is 9.59 Å². The minimum Gasteiger partial charge on any atom is -0.269 e. The third kappa shape index (κ3) is 3.76. The van der Waals surface area contributed by atoms with Gasteiger partial charge in [0.2, 0.25) is 0 Å². The summed E-state index contributed by atoms with van der Waals surface area (Å²) in [4.78, 5) is 37.8. The molecule has 34 heavy (non-hydrogen) atoms. The Hall–Kier alpha value is -3.23. The van der Waals surface area contributed by atoms with Crippen LogP contribution in [0, 0.1) is 34.6 Å². The van der Waals surface area contributed by atoms with Crippen LogP contribution >= 0.6 is 23.1 Å². The number of aromatic nitrogens is 4. The fourth-order valence-corrected chi connectivity index (χ4v) is 6.00. The lowest BCUT2D eigenvalue weighted by Gasteiger charge is -2.15. The fraction of sp³-hybridized carbons (Fsp3) is 0.231. The summed E-state index contributed by atoms with van der Waals surface area (Å²) in [6.07, 6.45) is 1.79. The number of hydrogen-bond acceptors (Lipinski definition) is 6. The summed E-state index contributed by atoms with van der Waals surface area (Å²) in [5.41, 5.74) is 6.02. The van der Waals surface area contributed by atoms with E-state index in [1.807, 2.05) is 65.0 Å². The SMILES string of the molecule is Cc1ccc2nc(CSc3nc4sc(C)c(C)c4c(=O)n3-c3cccc(C)c3C)cc(=O)n2c1. The molecule has 0 amide bonds. The van der Waals surface area contributed by atoms with Crippen LogP contribution < -0.4 is 11.1 Å². The van der Waals surface area contributed by atoms with Crippen molar-refractivity contribution < 1.29 is 0 Å². The first-order chi connectivity index (χ1) is 16.2. The molecule has 0 radical (unpaired) electrons. The molecule has 0 spiro atoms. The summed E-state index contributed by atoms with van der Waals surface area (Å²) in [5, 5.41) is 1.27. The highest BCUT2D eigenvalue weighted by atomic mass is 32.2. The van der Waals surface area contributed by atoms with E-state index in [0.29, 0.717) is 27.6 Å². The van der Waals surface area contributed by atoms with Gasteiger partial charge >= 0.3 is 0 Å². The minimum atomic E-state index is -0.121. The molecule has 172 valence electrons. The van der Waals surface area contributed by atoms with E-state index in [1.54, 1.807) is 21.2 Å². The Balaban J connectivity index is 1.65. The highest BCUT2D eigenvalue weighted by molar-refractivity contribution is 7.98. The molecule has 0 N–H and O–H groups in total. The topological polar surface area (TPSA) is 69.3 Å². The smallest absolute Gasteiger partial charge is 0.267 e. The first-order valence-electron chi connectivity index (χ1n) is 11.0. The third-order valence-electron chi connectivity index (χ3n) is 6.20. The van der Waals surface area contributed by atoms with Crippen molar-refractivity contribution in [3.05, 3.63) is 96.1 Å². The molecule has 1 aromatic carbocycles. The third-order valence-corrected chi connectivity index (χ3v) is 8.27. The molecule has 0 unspecified atom stereocenters. The Morgan fingerprint density at radius 2 is 1.76 bits per heavy atom. The first kappa shape index (κ1) is 22.6. The normalized spacial score (nSPS) is 11.6. The molecule has 0 fully saturated rings. The second kappa shape index (κ2) is 8.52. The molecular formula is C26H24N4O2S2. The molecule has 4 aromatic heterocycles. The van der Waals surface area contributed by atoms with Gasteiger partial charge in [-0.3, -0.25) is 18.6 Å². The monoisotopic (exact) mass is 488 g/mol. The van der Waals surface area contributed by atoms with Crippen LogP contribution in [-0.2, 0) is 5.75 Å². The number of thioether (sulfide) groups is 1. The van der Waals surface area contributed by atoms with Crippen LogP contribution in [0.1, 0.15) is 32.8 Å². The zero-order chi connectivity index (χ0) is 24.1. The zero-order valence-corrected chi connectivity index (χ0v) is 21.3. The van der Waals surface area contributed by atoms with Crippen molar-refractivity contribution in [1.82, 2.24) is 18.9 Å². The molecule has 5 rings (SSSR count). The molecule has 0 bridgehead atoms. The largest absolute Gasteiger partial charge is 0.269 e. The summed E-state index contributed by atoms with van der Waals surface area (Å²) >= 11 is 2.96.